The Morgan fingerprint density at radius 2 is 2.00 bits per heavy atom. The van der Waals surface area contributed by atoms with E-state index in [4.69, 9.17) is 16.3 Å². The van der Waals surface area contributed by atoms with Gasteiger partial charge >= 0.3 is 5.97 Å². The first-order valence-electron chi connectivity index (χ1n) is 9.06. The molecule has 146 valence electrons. The van der Waals surface area contributed by atoms with Crippen LogP contribution >= 0.6 is 11.6 Å². The summed E-state index contributed by atoms with van der Waals surface area (Å²) in [5.41, 5.74) is 0.0912. The van der Waals surface area contributed by atoms with Crippen molar-refractivity contribution < 1.29 is 17.9 Å². The molecule has 1 fully saturated rings. The molecule has 1 aliphatic heterocycles. The highest BCUT2D eigenvalue weighted by Gasteiger charge is 2.27. The van der Waals surface area contributed by atoms with Gasteiger partial charge in [-0.3, -0.25) is 4.90 Å². The Hall–Kier alpha value is -1.15. The number of sulfonamides is 1. The van der Waals surface area contributed by atoms with Crippen LogP contribution in [0.5, 0.6) is 0 Å². The first kappa shape index (κ1) is 21.2. The molecule has 0 aliphatic carbocycles. The molecule has 26 heavy (non-hydrogen) atoms. The lowest BCUT2D eigenvalue weighted by atomic mass is 10.1. The number of esters is 1. The first-order valence-corrected chi connectivity index (χ1v) is 10.9. The van der Waals surface area contributed by atoms with Gasteiger partial charge < -0.3 is 4.74 Å². The monoisotopic (exact) mass is 402 g/mol. The van der Waals surface area contributed by atoms with Crippen LogP contribution in [0.25, 0.3) is 0 Å². The number of ether oxygens (including phenoxy) is 1. The van der Waals surface area contributed by atoms with Gasteiger partial charge in [0.15, 0.2) is 0 Å². The van der Waals surface area contributed by atoms with Gasteiger partial charge in [0, 0.05) is 19.6 Å². The smallest absolute Gasteiger partial charge is 0.340 e. The minimum Gasteiger partial charge on any atom is -0.457 e. The van der Waals surface area contributed by atoms with Crippen molar-refractivity contribution in [3.05, 3.63) is 28.8 Å². The zero-order chi connectivity index (χ0) is 19.3. The van der Waals surface area contributed by atoms with Crippen LogP contribution in [-0.4, -0.2) is 62.4 Å². The second kappa shape index (κ2) is 9.17. The summed E-state index contributed by atoms with van der Waals surface area (Å²) in [5, 5.41) is 0.191. The maximum absolute atomic E-state index is 12.7. The molecular weight excluding hydrogens is 376 g/mol. The molecule has 1 unspecified atom stereocenters. The van der Waals surface area contributed by atoms with E-state index in [0.29, 0.717) is 19.6 Å². The summed E-state index contributed by atoms with van der Waals surface area (Å²) >= 11 is 6.14. The second-order valence-electron chi connectivity index (χ2n) is 6.29. The third-order valence-electron chi connectivity index (χ3n) is 4.68. The molecule has 8 heteroatoms. The SMILES string of the molecule is CCN1CCCC(OC(=O)c2cc(S(=O)(=O)N(CC)CC)ccc2Cl)C1. The molecule has 1 atom stereocenters. The van der Waals surface area contributed by atoms with Crippen molar-refractivity contribution in [3.63, 3.8) is 0 Å². The van der Waals surface area contributed by atoms with Crippen molar-refractivity contribution in [3.8, 4) is 0 Å². The van der Waals surface area contributed by atoms with Gasteiger partial charge in [0.2, 0.25) is 10.0 Å². The fourth-order valence-electron chi connectivity index (χ4n) is 3.15. The highest BCUT2D eigenvalue weighted by molar-refractivity contribution is 7.89. The largest absolute Gasteiger partial charge is 0.457 e. The average molecular weight is 403 g/mol. The quantitative estimate of drug-likeness (QED) is 0.656. The van der Waals surface area contributed by atoms with Crippen LogP contribution in [0.4, 0.5) is 0 Å². The van der Waals surface area contributed by atoms with Gasteiger partial charge in [-0.15, -0.1) is 0 Å². The van der Waals surface area contributed by atoms with E-state index in [9.17, 15) is 13.2 Å². The predicted octanol–water partition coefficient (Wildman–Crippen LogP) is 3.01. The van der Waals surface area contributed by atoms with Crippen molar-refractivity contribution in [1.29, 1.82) is 0 Å². The molecule has 0 saturated carbocycles. The third kappa shape index (κ3) is 4.76. The Labute approximate surface area is 161 Å². The predicted molar refractivity (Wildman–Crippen MR) is 102 cm³/mol. The number of likely N-dealkylation sites (N-methyl/N-ethyl adjacent to an activating group) is 1. The van der Waals surface area contributed by atoms with Gasteiger partial charge in [0.1, 0.15) is 6.10 Å². The molecule has 0 N–H and O–H groups in total. The Morgan fingerprint density at radius 3 is 2.62 bits per heavy atom. The van der Waals surface area contributed by atoms with Crippen molar-refractivity contribution in [2.24, 2.45) is 0 Å². The van der Waals surface area contributed by atoms with Crippen molar-refractivity contribution in [2.75, 3.05) is 32.7 Å². The minimum absolute atomic E-state index is 0.0522. The molecule has 0 amide bonds. The van der Waals surface area contributed by atoms with E-state index in [2.05, 4.69) is 11.8 Å². The second-order valence-corrected chi connectivity index (χ2v) is 8.64. The topological polar surface area (TPSA) is 66.9 Å². The van der Waals surface area contributed by atoms with Gasteiger partial charge in [-0.25, -0.2) is 13.2 Å². The number of halogens is 1. The number of carbonyl (C=O) groups is 1. The molecule has 0 spiro atoms. The number of nitrogens with zero attached hydrogens (tertiary/aromatic N) is 2. The number of likely N-dealkylation sites (tertiary alicyclic amines) is 1. The molecule has 0 radical (unpaired) electrons. The van der Waals surface area contributed by atoms with Gasteiger partial charge in [-0.2, -0.15) is 4.31 Å². The van der Waals surface area contributed by atoms with E-state index in [-0.39, 0.29) is 21.6 Å². The normalized spacial score (nSPS) is 18.9. The summed E-state index contributed by atoms with van der Waals surface area (Å²) in [6.07, 6.45) is 1.57. The fourth-order valence-corrected chi connectivity index (χ4v) is 4.82. The number of piperidine rings is 1. The van der Waals surface area contributed by atoms with Crippen LogP contribution in [0, 0.1) is 0 Å². The molecule has 0 bridgehead atoms. The molecule has 2 rings (SSSR count). The van der Waals surface area contributed by atoms with Crippen molar-refractivity contribution in [1.82, 2.24) is 9.21 Å². The molecule has 0 aromatic heterocycles. The number of rotatable bonds is 7. The summed E-state index contributed by atoms with van der Waals surface area (Å²) in [7, 11) is -3.66. The van der Waals surface area contributed by atoms with E-state index < -0.39 is 16.0 Å². The zero-order valence-corrected chi connectivity index (χ0v) is 17.1. The summed E-state index contributed by atoms with van der Waals surface area (Å²) in [5.74, 6) is -0.574. The highest BCUT2D eigenvalue weighted by Crippen LogP contribution is 2.25. The number of carbonyl (C=O) groups excluding carboxylic acids is 1. The number of hydrogen-bond acceptors (Lipinski definition) is 5. The van der Waals surface area contributed by atoms with Crippen LogP contribution in [0.15, 0.2) is 23.1 Å². The molecule has 1 aromatic carbocycles. The Morgan fingerprint density at radius 1 is 1.31 bits per heavy atom. The maximum Gasteiger partial charge on any atom is 0.340 e. The van der Waals surface area contributed by atoms with E-state index in [0.717, 1.165) is 25.9 Å². The Balaban J connectivity index is 2.22. The maximum atomic E-state index is 12.7. The van der Waals surface area contributed by atoms with Crippen LogP contribution < -0.4 is 0 Å². The third-order valence-corrected chi connectivity index (χ3v) is 7.06. The van der Waals surface area contributed by atoms with E-state index in [1.807, 2.05) is 0 Å². The number of hydrogen-bond donors (Lipinski definition) is 0. The van der Waals surface area contributed by atoms with Crippen LogP contribution in [-0.2, 0) is 14.8 Å². The van der Waals surface area contributed by atoms with Crippen LogP contribution in [0.3, 0.4) is 0 Å². The first-order chi connectivity index (χ1) is 12.3. The summed E-state index contributed by atoms with van der Waals surface area (Å²) in [4.78, 5) is 14.9. The lowest BCUT2D eigenvalue weighted by Gasteiger charge is -2.31. The van der Waals surface area contributed by atoms with Gasteiger partial charge in [0.05, 0.1) is 15.5 Å². The highest BCUT2D eigenvalue weighted by atomic mass is 35.5. The van der Waals surface area contributed by atoms with E-state index in [1.165, 1.54) is 22.5 Å². The Bertz CT molecular complexity index is 735. The lowest BCUT2D eigenvalue weighted by Crippen LogP contribution is -2.40. The van der Waals surface area contributed by atoms with Gasteiger partial charge in [0.25, 0.3) is 0 Å². The summed E-state index contributed by atoms with van der Waals surface area (Å²) < 4.78 is 32.3. The molecule has 1 heterocycles. The molecular formula is C18H27ClN2O4S. The average Bonchev–Trinajstić information content (AvgIpc) is 2.62. The van der Waals surface area contributed by atoms with Crippen molar-refractivity contribution >= 4 is 27.6 Å². The lowest BCUT2D eigenvalue weighted by molar-refractivity contribution is 0.00774. The van der Waals surface area contributed by atoms with Crippen molar-refractivity contribution in [2.45, 2.75) is 44.6 Å². The van der Waals surface area contributed by atoms with E-state index >= 15 is 0 Å². The molecule has 1 saturated heterocycles. The molecule has 1 aromatic rings. The zero-order valence-electron chi connectivity index (χ0n) is 15.6. The fraction of sp³-hybridized carbons (Fsp3) is 0.611. The van der Waals surface area contributed by atoms with E-state index in [1.54, 1.807) is 13.8 Å². The van der Waals surface area contributed by atoms with Gasteiger partial charge in [-0.1, -0.05) is 32.4 Å². The minimum atomic E-state index is -3.66. The molecule has 6 nitrogen and oxygen atoms in total. The van der Waals surface area contributed by atoms with Gasteiger partial charge in [-0.05, 0) is 44.1 Å². The molecule has 1 aliphatic rings. The summed E-state index contributed by atoms with van der Waals surface area (Å²) in [6.45, 7) is 8.94. The van der Waals surface area contributed by atoms with Crippen LogP contribution in [0.2, 0.25) is 5.02 Å². The van der Waals surface area contributed by atoms with Crippen LogP contribution in [0.1, 0.15) is 44.0 Å². The number of benzene rings is 1. The Kier molecular flexibility index (Phi) is 7.46. The standard InChI is InChI=1S/C18H27ClN2O4S/c1-4-20-11-7-8-14(13-20)25-18(22)16-12-15(9-10-17(16)19)26(23,24)21(5-2)6-3/h9-10,12,14H,4-8,11,13H2,1-3H3. The summed E-state index contributed by atoms with van der Waals surface area (Å²) in [6, 6.07) is 4.18.